The van der Waals surface area contributed by atoms with Crippen molar-refractivity contribution in [1.29, 1.82) is 0 Å². The fraction of sp³-hybridized carbons (Fsp3) is 0.533. The van der Waals surface area contributed by atoms with E-state index < -0.39 is 4.92 Å². The lowest BCUT2D eigenvalue weighted by Gasteiger charge is -2.17. The molecular weight excluding hydrogens is 300 g/mol. The van der Waals surface area contributed by atoms with E-state index in [0.29, 0.717) is 32.3 Å². The molecule has 1 aromatic rings. The van der Waals surface area contributed by atoms with Crippen LogP contribution in [-0.4, -0.2) is 50.9 Å². The second-order valence-corrected chi connectivity index (χ2v) is 5.01. The molecule has 0 aliphatic rings. The van der Waals surface area contributed by atoms with Crippen LogP contribution in [0.1, 0.15) is 12.5 Å². The summed E-state index contributed by atoms with van der Waals surface area (Å²) in [6.07, 6.45) is 0. The highest BCUT2D eigenvalue weighted by Crippen LogP contribution is 2.12. The van der Waals surface area contributed by atoms with Gasteiger partial charge in [0.1, 0.15) is 0 Å². The average molecular weight is 324 g/mol. The monoisotopic (exact) mass is 324 g/mol. The fourth-order valence-electron chi connectivity index (χ4n) is 1.84. The van der Waals surface area contributed by atoms with Crippen molar-refractivity contribution in [2.75, 3.05) is 34.0 Å². The molecule has 0 aromatic heterocycles. The molecule has 0 fully saturated rings. The largest absolute Gasteiger partial charge is 0.383 e. The Labute approximate surface area is 136 Å². The Morgan fingerprint density at radius 1 is 1.30 bits per heavy atom. The molecule has 0 saturated heterocycles. The SMILES string of the molecule is COCCNC(=NCc1ccc([N+](=O)[O-])cc1)NC(C)COC. The lowest BCUT2D eigenvalue weighted by molar-refractivity contribution is -0.384. The lowest BCUT2D eigenvalue weighted by Crippen LogP contribution is -2.45. The van der Waals surface area contributed by atoms with E-state index in [1.165, 1.54) is 12.1 Å². The van der Waals surface area contributed by atoms with Gasteiger partial charge >= 0.3 is 0 Å². The van der Waals surface area contributed by atoms with Gasteiger partial charge in [0.05, 0.1) is 24.7 Å². The molecule has 0 amide bonds. The maximum atomic E-state index is 10.6. The van der Waals surface area contributed by atoms with Crippen molar-refractivity contribution in [3.63, 3.8) is 0 Å². The van der Waals surface area contributed by atoms with Gasteiger partial charge in [-0.2, -0.15) is 0 Å². The molecule has 0 heterocycles. The summed E-state index contributed by atoms with van der Waals surface area (Å²) in [6, 6.07) is 6.46. The molecule has 1 atom stereocenters. The molecule has 1 aromatic carbocycles. The van der Waals surface area contributed by atoms with Crippen molar-refractivity contribution in [2.45, 2.75) is 19.5 Å². The first-order valence-corrected chi connectivity index (χ1v) is 7.33. The summed E-state index contributed by atoms with van der Waals surface area (Å²) in [5, 5.41) is 17.0. The number of non-ortho nitro benzene ring substituents is 1. The zero-order chi connectivity index (χ0) is 17.1. The van der Waals surface area contributed by atoms with E-state index in [-0.39, 0.29) is 11.7 Å². The highest BCUT2D eigenvalue weighted by Gasteiger charge is 2.06. The Kier molecular flexibility index (Phi) is 8.63. The molecule has 0 aliphatic carbocycles. The Hall–Kier alpha value is -2.19. The first kappa shape index (κ1) is 18.9. The fourth-order valence-corrected chi connectivity index (χ4v) is 1.84. The van der Waals surface area contributed by atoms with Crippen LogP contribution >= 0.6 is 0 Å². The van der Waals surface area contributed by atoms with Crippen LogP contribution in [0.5, 0.6) is 0 Å². The van der Waals surface area contributed by atoms with Crippen LogP contribution in [0.25, 0.3) is 0 Å². The van der Waals surface area contributed by atoms with Gasteiger partial charge in [0, 0.05) is 38.9 Å². The molecule has 1 unspecified atom stereocenters. The van der Waals surface area contributed by atoms with Crippen molar-refractivity contribution in [2.24, 2.45) is 4.99 Å². The number of rotatable bonds is 9. The highest BCUT2D eigenvalue weighted by molar-refractivity contribution is 5.80. The van der Waals surface area contributed by atoms with Gasteiger partial charge in [-0.05, 0) is 12.5 Å². The lowest BCUT2D eigenvalue weighted by atomic mass is 10.2. The average Bonchev–Trinajstić information content (AvgIpc) is 2.53. The van der Waals surface area contributed by atoms with E-state index in [0.717, 1.165) is 5.56 Å². The molecular formula is C15H24N4O4. The van der Waals surface area contributed by atoms with E-state index in [9.17, 15) is 10.1 Å². The summed E-state index contributed by atoms with van der Waals surface area (Å²) in [5.41, 5.74) is 0.964. The van der Waals surface area contributed by atoms with Gasteiger partial charge in [0.2, 0.25) is 0 Å². The third-order valence-electron chi connectivity index (χ3n) is 2.97. The number of guanidine groups is 1. The zero-order valence-electron chi connectivity index (χ0n) is 13.7. The van der Waals surface area contributed by atoms with Crippen LogP contribution in [0.2, 0.25) is 0 Å². The summed E-state index contributed by atoms with van der Waals surface area (Å²) >= 11 is 0. The highest BCUT2D eigenvalue weighted by atomic mass is 16.6. The van der Waals surface area contributed by atoms with E-state index >= 15 is 0 Å². The third kappa shape index (κ3) is 7.57. The maximum absolute atomic E-state index is 10.6. The molecule has 0 aliphatic heterocycles. The normalized spacial score (nSPS) is 12.7. The van der Waals surface area contributed by atoms with Crippen molar-refractivity contribution in [3.05, 3.63) is 39.9 Å². The topological polar surface area (TPSA) is 98.0 Å². The zero-order valence-corrected chi connectivity index (χ0v) is 13.7. The number of aliphatic imine (C=N–C) groups is 1. The molecule has 128 valence electrons. The number of hydrogen-bond donors (Lipinski definition) is 2. The van der Waals surface area contributed by atoms with Crippen molar-refractivity contribution in [3.8, 4) is 0 Å². The maximum Gasteiger partial charge on any atom is 0.269 e. The van der Waals surface area contributed by atoms with Gasteiger partial charge in [-0.3, -0.25) is 10.1 Å². The van der Waals surface area contributed by atoms with E-state index in [1.54, 1.807) is 26.4 Å². The Morgan fingerprint density at radius 3 is 2.57 bits per heavy atom. The quantitative estimate of drug-likeness (QED) is 0.234. The van der Waals surface area contributed by atoms with Crippen LogP contribution < -0.4 is 10.6 Å². The second-order valence-electron chi connectivity index (χ2n) is 5.01. The predicted octanol–water partition coefficient (Wildman–Crippen LogP) is 1.31. The smallest absolute Gasteiger partial charge is 0.269 e. The number of benzene rings is 1. The van der Waals surface area contributed by atoms with Crippen molar-refractivity contribution < 1.29 is 14.4 Å². The van der Waals surface area contributed by atoms with Crippen LogP contribution in [0.3, 0.4) is 0 Å². The number of nitro groups is 1. The van der Waals surface area contributed by atoms with Gasteiger partial charge in [0.15, 0.2) is 5.96 Å². The molecule has 0 radical (unpaired) electrons. The van der Waals surface area contributed by atoms with E-state index in [4.69, 9.17) is 9.47 Å². The van der Waals surface area contributed by atoms with Crippen molar-refractivity contribution >= 4 is 11.6 Å². The van der Waals surface area contributed by atoms with Crippen LogP contribution in [0.4, 0.5) is 5.69 Å². The van der Waals surface area contributed by atoms with Crippen molar-refractivity contribution in [1.82, 2.24) is 10.6 Å². The number of ether oxygens (including phenoxy) is 2. The second kappa shape index (κ2) is 10.5. The molecule has 23 heavy (non-hydrogen) atoms. The summed E-state index contributed by atoms with van der Waals surface area (Å²) in [7, 11) is 3.28. The molecule has 8 heteroatoms. The van der Waals surface area contributed by atoms with E-state index in [1.807, 2.05) is 6.92 Å². The third-order valence-corrected chi connectivity index (χ3v) is 2.97. The number of hydrogen-bond acceptors (Lipinski definition) is 5. The van der Waals surface area contributed by atoms with E-state index in [2.05, 4.69) is 15.6 Å². The van der Waals surface area contributed by atoms with Crippen LogP contribution in [-0.2, 0) is 16.0 Å². The summed E-state index contributed by atoms with van der Waals surface area (Å²) in [6.45, 7) is 4.16. The molecule has 0 bridgehead atoms. The molecule has 0 saturated carbocycles. The minimum Gasteiger partial charge on any atom is -0.383 e. The first-order chi connectivity index (χ1) is 11.1. The van der Waals surface area contributed by atoms with Gasteiger partial charge in [-0.25, -0.2) is 4.99 Å². The van der Waals surface area contributed by atoms with Gasteiger partial charge < -0.3 is 20.1 Å². The predicted molar refractivity (Wildman–Crippen MR) is 88.6 cm³/mol. The Morgan fingerprint density at radius 2 is 2.00 bits per heavy atom. The number of methoxy groups -OCH3 is 2. The first-order valence-electron chi connectivity index (χ1n) is 7.33. The molecule has 2 N–H and O–H groups in total. The minimum absolute atomic E-state index is 0.0722. The summed E-state index contributed by atoms with van der Waals surface area (Å²) < 4.78 is 10.1. The number of nitro benzene ring substituents is 1. The summed E-state index contributed by atoms with van der Waals surface area (Å²) in [5.74, 6) is 0.643. The van der Waals surface area contributed by atoms with Crippen LogP contribution in [0, 0.1) is 10.1 Å². The van der Waals surface area contributed by atoms with Crippen LogP contribution in [0.15, 0.2) is 29.3 Å². The minimum atomic E-state index is -0.418. The standard InChI is InChI=1S/C15H24N4O4/c1-12(11-23-3)18-15(16-8-9-22-2)17-10-13-4-6-14(7-5-13)19(20)21/h4-7,12H,8-11H2,1-3H3,(H2,16,17,18). The number of nitrogens with one attached hydrogen (secondary N) is 2. The Balaban J connectivity index is 2.67. The molecule has 8 nitrogen and oxygen atoms in total. The van der Waals surface area contributed by atoms with Gasteiger partial charge in [-0.1, -0.05) is 12.1 Å². The Bertz CT molecular complexity index is 505. The summed E-state index contributed by atoms with van der Waals surface area (Å²) in [4.78, 5) is 14.7. The number of nitrogens with zero attached hydrogens (tertiary/aromatic N) is 2. The molecule has 0 spiro atoms. The van der Waals surface area contributed by atoms with Gasteiger partial charge in [-0.15, -0.1) is 0 Å². The van der Waals surface area contributed by atoms with Gasteiger partial charge in [0.25, 0.3) is 5.69 Å². The molecule has 1 rings (SSSR count).